The molecule has 1 aromatic rings. The van der Waals surface area contributed by atoms with Gasteiger partial charge in [0.15, 0.2) is 0 Å². The number of carbonyl (C=O) groups is 1. The van der Waals surface area contributed by atoms with E-state index in [1.807, 2.05) is 6.07 Å². The largest absolute Gasteiger partial charge is 0.394 e. The van der Waals surface area contributed by atoms with E-state index in [2.05, 4.69) is 41.4 Å². The zero-order valence-electron chi connectivity index (χ0n) is 15.2. The van der Waals surface area contributed by atoms with Crippen LogP contribution in [0.1, 0.15) is 44.2 Å². The third kappa shape index (κ3) is 4.53. The molecule has 2 heterocycles. The second-order valence-electron chi connectivity index (χ2n) is 7.50. The van der Waals surface area contributed by atoms with Crippen molar-refractivity contribution in [3.63, 3.8) is 0 Å². The highest BCUT2D eigenvalue weighted by molar-refractivity contribution is 5.75. The molecule has 0 aromatic heterocycles. The molecule has 2 amide bonds. The summed E-state index contributed by atoms with van der Waals surface area (Å²) in [6.45, 7) is 5.90. The van der Waals surface area contributed by atoms with Gasteiger partial charge in [-0.15, -0.1) is 0 Å². The Bertz CT molecular complexity index is 543. The SMILES string of the molecule is CC1CCN(C(CNC(=O)N2CCCC2CO)c2ccccc2)CC1. The predicted molar refractivity (Wildman–Crippen MR) is 99.4 cm³/mol. The lowest BCUT2D eigenvalue weighted by Crippen LogP contribution is -2.48. The summed E-state index contributed by atoms with van der Waals surface area (Å²) in [4.78, 5) is 16.9. The molecule has 0 bridgehead atoms. The third-order valence-electron chi connectivity index (χ3n) is 5.74. The highest BCUT2D eigenvalue weighted by atomic mass is 16.3. The number of nitrogens with one attached hydrogen (secondary N) is 1. The van der Waals surface area contributed by atoms with Crippen molar-refractivity contribution in [2.45, 2.75) is 44.7 Å². The highest BCUT2D eigenvalue weighted by Gasteiger charge is 2.30. The predicted octanol–water partition coefficient (Wildman–Crippen LogP) is 2.63. The van der Waals surface area contributed by atoms with E-state index < -0.39 is 0 Å². The molecule has 2 aliphatic heterocycles. The summed E-state index contributed by atoms with van der Waals surface area (Å²) in [6.07, 6.45) is 4.31. The van der Waals surface area contributed by atoms with Crippen LogP contribution in [0.25, 0.3) is 0 Å². The molecule has 2 unspecified atom stereocenters. The van der Waals surface area contributed by atoms with Gasteiger partial charge in [0.1, 0.15) is 0 Å². The molecule has 5 heteroatoms. The number of urea groups is 1. The first-order valence-corrected chi connectivity index (χ1v) is 9.63. The number of aliphatic hydroxyl groups excluding tert-OH is 1. The Morgan fingerprint density at radius 3 is 2.60 bits per heavy atom. The average Bonchev–Trinajstić information content (AvgIpc) is 3.13. The molecule has 1 aromatic carbocycles. The molecule has 2 saturated heterocycles. The van der Waals surface area contributed by atoms with Gasteiger partial charge < -0.3 is 15.3 Å². The Kier molecular flexibility index (Phi) is 6.32. The monoisotopic (exact) mass is 345 g/mol. The van der Waals surface area contributed by atoms with Crippen LogP contribution in [0.4, 0.5) is 4.79 Å². The number of rotatable bonds is 5. The van der Waals surface area contributed by atoms with Crippen LogP contribution in [0.2, 0.25) is 0 Å². The minimum absolute atomic E-state index is 0.0222. The van der Waals surface area contributed by atoms with E-state index in [4.69, 9.17) is 0 Å². The van der Waals surface area contributed by atoms with Gasteiger partial charge in [0.25, 0.3) is 0 Å². The van der Waals surface area contributed by atoms with Crippen molar-refractivity contribution in [1.29, 1.82) is 0 Å². The quantitative estimate of drug-likeness (QED) is 0.862. The molecule has 2 aliphatic rings. The normalized spacial score (nSPS) is 23.6. The molecular formula is C20H31N3O2. The number of nitrogens with zero attached hydrogens (tertiary/aromatic N) is 2. The standard InChI is InChI=1S/C20H31N3O2/c1-16-9-12-22(13-10-16)19(17-6-3-2-4-7-17)14-21-20(25)23-11-5-8-18(23)15-24/h2-4,6-7,16,18-19,24H,5,8-15H2,1H3,(H,21,25). The number of hydrogen-bond acceptors (Lipinski definition) is 3. The molecule has 2 N–H and O–H groups in total. The van der Waals surface area contributed by atoms with Gasteiger partial charge in [-0.25, -0.2) is 4.79 Å². The maximum atomic E-state index is 12.6. The van der Waals surface area contributed by atoms with E-state index in [1.165, 1.54) is 18.4 Å². The smallest absolute Gasteiger partial charge is 0.317 e. The fourth-order valence-corrected chi connectivity index (χ4v) is 4.05. The summed E-state index contributed by atoms with van der Waals surface area (Å²) in [6, 6.07) is 10.6. The fourth-order valence-electron chi connectivity index (χ4n) is 4.05. The molecule has 25 heavy (non-hydrogen) atoms. The Labute approximate surface area is 151 Å². The zero-order valence-corrected chi connectivity index (χ0v) is 15.2. The molecule has 0 radical (unpaired) electrons. The van der Waals surface area contributed by atoms with E-state index in [9.17, 15) is 9.90 Å². The van der Waals surface area contributed by atoms with Crippen molar-refractivity contribution in [2.24, 2.45) is 5.92 Å². The summed E-state index contributed by atoms with van der Waals surface area (Å²) in [5.74, 6) is 0.789. The van der Waals surface area contributed by atoms with Crippen molar-refractivity contribution < 1.29 is 9.90 Å². The topological polar surface area (TPSA) is 55.8 Å². The van der Waals surface area contributed by atoms with Crippen molar-refractivity contribution in [3.05, 3.63) is 35.9 Å². The van der Waals surface area contributed by atoms with Crippen LogP contribution in [-0.2, 0) is 0 Å². The van der Waals surface area contributed by atoms with Crippen LogP contribution in [0.3, 0.4) is 0 Å². The number of hydrogen-bond donors (Lipinski definition) is 2. The molecule has 0 spiro atoms. The number of carbonyl (C=O) groups excluding carboxylic acids is 1. The van der Waals surface area contributed by atoms with E-state index >= 15 is 0 Å². The van der Waals surface area contributed by atoms with E-state index in [0.29, 0.717) is 6.54 Å². The summed E-state index contributed by atoms with van der Waals surface area (Å²) in [5.41, 5.74) is 1.26. The fraction of sp³-hybridized carbons (Fsp3) is 0.650. The molecular weight excluding hydrogens is 314 g/mol. The lowest BCUT2D eigenvalue weighted by Gasteiger charge is -2.37. The first kappa shape index (κ1) is 18.2. The Hall–Kier alpha value is -1.59. The van der Waals surface area contributed by atoms with Crippen LogP contribution >= 0.6 is 0 Å². The van der Waals surface area contributed by atoms with E-state index in [0.717, 1.165) is 38.4 Å². The summed E-state index contributed by atoms with van der Waals surface area (Å²) >= 11 is 0. The van der Waals surface area contributed by atoms with Crippen molar-refractivity contribution in [3.8, 4) is 0 Å². The summed E-state index contributed by atoms with van der Waals surface area (Å²) in [5, 5.41) is 12.6. The molecule has 3 rings (SSSR count). The van der Waals surface area contributed by atoms with Crippen LogP contribution < -0.4 is 5.32 Å². The van der Waals surface area contributed by atoms with Gasteiger partial charge in [-0.2, -0.15) is 0 Å². The Balaban J connectivity index is 1.64. The van der Waals surface area contributed by atoms with E-state index in [1.54, 1.807) is 4.90 Å². The second kappa shape index (κ2) is 8.68. The first-order chi connectivity index (χ1) is 12.2. The molecule has 0 saturated carbocycles. The van der Waals surface area contributed by atoms with Gasteiger partial charge in [0.2, 0.25) is 0 Å². The van der Waals surface area contributed by atoms with Crippen molar-refractivity contribution in [2.75, 3.05) is 32.8 Å². The maximum absolute atomic E-state index is 12.6. The van der Waals surface area contributed by atoms with Gasteiger partial charge in [-0.3, -0.25) is 4.90 Å². The van der Waals surface area contributed by atoms with Gasteiger partial charge in [-0.05, 0) is 50.3 Å². The number of likely N-dealkylation sites (tertiary alicyclic amines) is 2. The second-order valence-corrected chi connectivity index (χ2v) is 7.50. The van der Waals surface area contributed by atoms with Gasteiger partial charge in [-0.1, -0.05) is 37.3 Å². The Morgan fingerprint density at radius 1 is 1.20 bits per heavy atom. The third-order valence-corrected chi connectivity index (χ3v) is 5.74. The molecule has 5 nitrogen and oxygen atoms in total. The number of piperidine rings is 1. The van der Waals surface area contributed by atoms with Crippen LogP contribution in [0, 0.1) is 5.92 Å². The number of aliphatic hydroxyl groups is 1. The lowest BCUT2D eigenvalue weighted by atomic mass is 9.95. The Morgan fingerprint density at radius 2 is 1.92 bits per heavy atom. The number of amides is 2. The van der Waals surface area contributed by atoms with Crippen LogP contribution in [0.5, 0.6) is 0 Å². The van der Waals surface area contributed by atoms with E-state index in [-0.39, 0.29) is 24.7 Å². The lowest BCUT2D eigenvalue weighted by molar-refractivity contribution is 0.129. The van der Waals surface area contributed by atoms with Crippen LogP contribution in [-0.4, -0.2) is 59.8 Å². The summed E-state index contributed by atoms with van der Waals surface area (Å²) < 4.78 is 0. The summed E-state index contributed by atoms with van der Waals surface area (Å²) in [7, 11) is 0. The van der Waals surface area contributed by atoms with Crippen molar-refractivity contribution >= 4 is 6.03 Å². The average molecular weight is 345 g/mol. The van der Waals surface area contributed by atoms with Gasteiger partial charge >= 0.3 is 6.03 Å². The maximum Gasteiger partial charge on any atom is 0.317 e. The molecule has 2 fully saturated rings. The zero-order chi connectivity index (χ0) is 17.6. The minimum Gasteiger partial charge on any atom is -0.394 e. The van der Waals surface area contributed by atoms with Gasteiger partial charge in [0, 0.05) is 13.1 Å². The van der Waals surface area contributed by atoms with Gasteiger partial charge in [0.05, 0.1) is 18.7 Å². The molecule has 138 valence electrons. The molecule has 2 atom stereocenters. The molecule has 0 aliphatic carbocycles. The highest BCUT2D eigenvalue weighted by Crippen LogP contribution is 2.26. The van der Waals surface area contributed by atoms with Crippen LogP contribution in [0.15, 0.2) is 30.3 Å². The number of benzene rings is 1. The minimum atomic E-state index is -0.0390. The first-order valence-electron chi connectivity index (χ1n) is 9.63. The van der Waals surface area contributed by atoms with Crippen molar-refractivity contribution in [1.82, 2.24) is 15.1 Å².